The summed E-state index contributed by atoms with van der Waals surface area (Å²) < 4.78 is 44.4. The first-order chi connectivity index (χ1) is 15.9. The highest BCUT2D eigenvalue weighted by atomic mass is 19.4. The summed E-state index contributed by atoms with van der Waals surface area (Å²) in [7, 11) is 0. The molecule has 1 amide bonds. The average Bonchev–Trinajstić information content (AvgIpc) is 3.17. The van der Waals surface area contributed by atoms with Crippen molar-refractivity contribution in [2.75, 3.05) is 23.3 Å². The fraction of sp³-hybridized carbons (Fsp3) is 0.435. The smallest absolute Gasteiger partial charge is 0.404 e. The number of anilines is 2. The Kier molecular flexibility index (Phi) is 6.15. The number of aromatic nitrogens is 3. The van der Waals surface area contributed by atoms with Crippen LogP contribution < -0.4 is 15.0 Å². The summed E-state index contributed by atoms with van der Waals surface area (Å²) in [5.41, 5.74) is 0.605. The molecule has 1 aromatic carbocycles. The summed E-state index contributed by atoms with van der Waals surface area (Å²) >= 11 is 0. The summed E-state index contributed by atoms with van der Waals surface area (Å²) in [6, 6.07) is 7.66. The number of nitrogens with one attached hydrogen (secondary N) is 1. The van der Waals surface area contributed by atoms with Gasteiger partial charge in [0.1, 0.15) is 5.82 Å². The normalized spacial score (nSPS) is 15.6. The van der Waals surface area contributed by atoms with E-state index in [2.05, 4.69) is 25.0 Å². The zero-order valence-corrected chi connectivity index (χ0v) is 19.1. The van der Waals surface area contributed by atoms with Crippen molar-refractivity contribution in [2.24, 2.45) is 5.41 Å². The molecule has 3 aromatic rings. The number of hydrogen-bond acceptors (Lipinski definition) is 6. The largest absolute Gasteiger partial charge is 0.573 e. The molecule has 4 rings (SSSR count). The number of benzene rings is 1. The van der Waals surface area contributed by atoms with Gasteiger partial charge in [0.15, 0.2) is 11.4 Å². The third kappa shape index (κ3) is 5.41. The molecule has 0 saturated carbocycles. The van der Waals surface area contributed by atoms with Gasteiger partial charge < -0.3 is 20.1 Å². The molecule has 2 aromatic heterocycles. The van der Waals surface area contributed by atoms with E-state index in [1.165, 1.54) is 12.1 Å². The van der Waals surface area contributed by atoms with Gasteiger partial charge in [0.25, 0.3) is 0 Å². The Balaban J connectivity index is 1.66. The van der Waals surface area contributed by atoms with Crippen molar-refractivity contribution in [2.45, 2.75) is 46.1 Å². The first-order valence-corrected chi connectivity index (χ1v) is 10.9. The molecule has 0 unspecified atom stereocenters. The van der Waals surface area contributed by atoms with E-state index in [-0.39, 0.29) is 11.8 Å². The third-order valence-electron chi connectivity index (χ3n) is 5.52. The number of halogens is 3. The van der Waals surface area contributed by atoms with Gasteiger partial charge in [-0.15, -0.1) is 18.3 Å². The van der Waals surface area contributed by atoms with Crippen LogP contribution in [0.5, 0.6) is 5.75 Å². The topological polar surface area (TPSA) is 92.0 Å². The molecule has 11 heteroatoms. The molecular formula is C23H26F3N5O3. The number of ether oxygens (including phenoxy) is 1. The van der Waals surface area contributed by atoms with E-state index in [9.17, 15) is 23.1 Å². The van der Waals surface area contributed by atoms with E-state index in [0.29, 0.717) is 42.8 Å². The number of aliphatic hydroxyl groups excluding tert-OH is 1. The van der Waals surface area contributed by atoms with Crippen molar-refractivity contribution >= 4 is 23.1 Å². The molecule has 2 N–H and O–H groups in total. The van der Waals surface area contributed by atoms with Gasteiger partial charge >= 0.3 is 6.36 Å². The van der Waals surface area contributed by atoms with Crippen molar-refractivity contribution in [3.63, 3.8) is 0 Å². The Bertz CT molecular complexity index is 1190. The number of hydrogen-bond donors (Lipinski definition) is 2. The second-order valence-electron chi connectivity index (χ2n) is 9.30. The predicted octanol–water partition coefficient (Wildman–Crippen LogP) is 4.24. The highest BCUT2D eigenvalue weighted by Gasteiger charge is 2.33. The van der Waals surface area contributed by atoms with Gasteiger partial charge in [-0.2, -0.15) is 0 Å². The molecule has 0 aliphatic carbocycles. The van der Waals surface area contributed by atoms with Crippen molar-refractivity contribution in [3.8, 4) is 17.0 Å². The number of nitrogens with zero attached hydrogens (tertiary/aromatic N) is 4. The summed E-state index contributed by atoms with van der Waals surface area (Å²) in [6.45, 7) is 6.36. The minimum absolute atomic E-state index is 0.104. The van der Waals surface area contributed by atoms with Crippen LogP contribution in [0.2, 0.25) is 0 Å². The van der Waals surface area contributed by atoms with Gasteiger partial charge in [-0.05, 0) is 43.2 Å². The first-order valence-electron chi connectivity index (χ1n) is 10.9. The monoisotopic (exact) mass is 477 g/mol. The lowest BCUT2D eigenvalue weighted by Gasteiger charge is -2.30. The van der Waals surface area contributed by atoms with E-state index in [1.54, 1.807) is 37.5 Å². The number of imidazole rings is 1. The predicted molar refractivity (Wildman–Crippen MR) is 121 cm³/mol. The van der Waals surface area contributed by atoms with E-state index in [1.807, 2.05) is 6.07 Å². The van der Waals surface area contributed by atoms with Crippen LogP contribution >= 0.6 is 0 Å². The van der Waals surface area contributed by atoms with Crippen LogP contribution in [0.25, 0.3) is 16.9 Å². The maximum Gasteiger partial charge on any atom is 0.573 e. The Morgan fingerprint density at radius 2 is 1.85 bits per heavy atom. The van der Waals surface area contributed by atoms with Crippen LogP contribution in [-0.2, 0) is 4.79 Å². The molecule has 8 nitrogen and oxygen atoms in total. The standard InChI is InChI=1S/C23H26F3N5O3/c1-22(2,3)21(33)28-16-12-14(4-5-18(16)34-23(24,25)26)17-13-31-19(27-17)6-7-20(29-31)30-10-8-15(32)9-11-30/h4-7,12-13,15,32H,8-11H2,1-3H3,(H,28,33). The molecule has 1 saturated heterocycles. The molecule has 34 heavy (non-hydrogen) atoms. The molecule has 0 spiro atoms. The molecule has 0 radical (unpaired) electrons. The number of fused-ring (bicyclic) bond motifs is 1. The summed E-state index contributed by atoms with van der Waals surface area (Å²) in [6.07, 6.45) is -2.19. The Hall–Kier alpha value is -3.34. The van der Waals surface area contributed by atoms with Crippen LogP contribution in [0, 0.1) is 5.41 Å². The van der Waals surface area contributed by atoms with Gasteiger partial charge in [0.05, 0.1) is 23.7 Å². The lowest BCUT2D eigenvalue weighted by Crippen LogP contribution is -2.36. The Morgan fingerprint density at radius 3 is 2.50 bits per heavy atom. The molecule has 1 aliphatic rings. The zero-order chi connectivity index (χ0) is 24.7. The van der Waals surface area contributed by atoms with E-state index in [0.717, 1.165) is 11.9 Å². The molecule has 1 aliphatic heterocycles. The van der Waals surface area contributed by atoms with Gasteiger partial charge in [-0.1, -0.05) is 20.8 Å². The maximum atomic E-state index is 12.9. The lowest BCUT2D eigenvalue weighted by atomic mass is 9.95. The first kappa shape index (κ1) is 23.8. The maximum absolute atomic E-state index is 12.9. The number of carbonyl (C=O) groups excluding carboxylic acids is 1. The number of amides is 1. The molecule has 0 bridgehead atoms. The van der Waals surface area contributed by atoms with Crippen molar-refractivity contribution in [3.05, 3.63) is 36.5 Å². The van der Waals surface area contributed by atoms with Crippen LogP contribution in [-0.4, -0.2) is 51.2 Å². The minimum atomic E-state index is -4.91. The molecule has 3 heterocycles. The highest BCUT2D eigenvalue weighted by molar-refractivity contribution is 5.96. The fourth-order valence-corrected chi connectivity index (χ4v) is 3.59. The number of carbonyl (C=O) groups is 1. The van der Waals surface area contributed by atoms with Gasteiger partial charge in [-0.3, -0.25) is 4.79 Å². The second kappa shape index (κ2) is 8.79. The van der Waals surface area contributed by atoms with Gasteiger partial charge in [0, 0.05) is 24.1 Å². The van der Waals surface area contributed by atoms with Crippen LogP contribution in [0.15, 0.2) is 36.5 Å². The summed E-state index contributed by atoms with van der Waals surface area (Å²) in [4.78, 5) is 19.0. The van der Waals surface area contributed by atoms with E-state index < -0.39 is 23.4 Å². The molecule has 0 atom stereocenters. The minimum Gasteiger partial charge on any atom is -0.404 e. The van der Waals surface area contributed by atoms with Crippen LogP contribution in [0.4, 0.5) is 24.7 Å². The van der Waals surface area contributed by atoms with Crippen molar-refractivity contribution in [1.29, 1.82) is 0 Å². The Morgan fingerprint density at radius 1 is 1.15 bits per heavy atom. The number of piperidine rings is 1. The van der Waals surface area contributed by atoms with E-state index >= 15 is 0 Å². The molecule has 1 fully saturated rings. The highest BCUT2D eigenvalue weighted by Crippen LogP contribution is 2.35. The van der Waals surface area contributed by atoms with E-state index in [4.69, 9.17) is 0 Å². The van der Waals surface area contributed by atoms with Crippen molar-refractivity contribution < 1.29 is 27.8 Å². The summed E-state index contributed by atoms with van der Waals surface area (Å²) in [5, 5.41) is 16.8. The van der Waals surface area contributed by atoms with Crippen LogP contribution in [0.1, 0.15) is 33.6 Å². The third-order valence-corrected chi connectivity index (χ3v) is 5.52. The number of alkyl halides is 3. The van der Waals surface area contributed by atoms with Crippen molar-refractivity contribution in [1.82, 2.24) is 14.6 Å². The SMILES string of the molecule is CC(C)(C)C(=O)Nc1cc(-c2cn3nc(N4CCC(O)CC4)ccc3n2)ccc1OC(F)(F)F. The number of rotatable bonds is 4. The number of aliphatic hydroxyl groups is 1. The van der Waals surface area contributed by atoms with Crippen LogP contribution in [0.3, 0.4) is 0 Å². The zero-order valence-electron chi connectivity index (χ0n) is 19.1. The van der Waals surface area contributed by atoms with Gasteiger partial charge in [-0.25, -0.2) is 9.50 Å². The Labute approximate surface area is 194 Å². The molecular weight excluding hydrogens is 451 g/mol. The lowest BCUT2D eigenvalue weighted by molar-refractivity contribution is -0.274. The fourth-order valence-electron chi connectivity index (χ4n) is 3.59. The average molecular weight is 477 g/mol. The quantitative estimate of drug-likeness (QED) is 0.584. The van der Waals surface area contributed by atoms with Gasteiger partial charge in [0.2, 0.25) is 5.91 Å². The second-order valence-corrected chi connectivity index (χ2v) is 9.30. The molecule has 182 valence electrons. The summed E-state index contributed by atoms with van der Waals surface area (Å²) in [5.74, 6) is -0.217.